The molecule has 1 aromatic heterocycles. The number of Topliss-reactive ketones (excluding diaryl/α,β-unsaturated/α-hetero) is 2. The average molecular weight is 620 g/mol. The molecule has 4 aromatic rings. The molecule has 12 heteroatoms. The molecule has 1 amide bonds. The van der Waals surface area contributed by atoms with Gasteiger partial charge in [0.25, 0.3) is 0 Å². The topological polar surface area (TPSA) is 144 Å². The van der Waals surface area contributed by atoms with E-state index in [4.69, 9.17) is 11.6 Å². The highest BCUT2D eigenvalue weighted by Crippen LogP contribution is 2.36. The van der Waals surface area contributed by atoms with Crippen molar-refractivity contribution in [3.8, 4) is 5.69 Å². The Bertz CT molecular complexity index is 1640. The lowest BCUT2D eigenvalue weighted by atomic mass is 9.96. The van der Waals surface area contributed by atoms with E-state index in [-0.39, 0.29) is 30.6 Å². The number of carbonyl (C=O) groups is 3. The molecule has 2 N–H and O–H groups in total. The molecule has 0 bridgehead atoms. The van der Waals surface area contributed by atoms with Gasteiger partial charge in [0.15, 0.2) is 18.9 Å². The van der Waals surface area contributed by atoms with E-state index in [0.717, 1.165) is 5.56 Å². The summed E-state index contributed by atoms with van der Waals surface area (Å²) in [4.78, 5) is 48.3. The van der Waals surface area contributed by atoms with Crippen molar-refractivity contribution in [2.45, 2.75) is 31.7 Å². The van der Waals surface area contributed by atoms with E-state index in [2.05, 4.69) is 20.8 Å². The third kappa shape index (κ3) is 9.92. The fraction of sp³-hybridized carbons (Fsp3) is 0.226. The summed E-state index contributed by atoms with van der Waals surface area (Å²) in [7, 11) is -3.15. The van der Waals surface area contributed by atoms with Crippen LogP contribution in [0.3, 0.4) is 0 Å². The first-order chi connectivity index (χ1) is 20.6. The number of tetrazole rings is 1. The van der Waals surface area contributed by atoms with E-state index in [1.54, 1.807) is 48.5 Å². The normalized spacial score (nSPS) is 13.4. The van der Waals surface area contributed by atoms with Crippen molar-refractivity contribution >= 4 is 42.5 Å². The number of benzene rings is 3. The van der Waals surface area contributed by atoms with Crippen LogP contribution in [0.5, 0.6) is 0 Å². The van der Waals surface area contributed by atoms with Crippen LogP contribution in [0.25, 0.3) is 11.8 Å². The first kappa shape index (κ1) is 31.7. The van der Waals surface area contributed by atoms with Crippen LogP contribution in [-0.4, -0.2) is 61.4 Å². The van der Waals surface area contributed by atoms with Gasteiger partial charge in [-0.1, -0.05) is 66.2 Å². The van der Waals surface area contributed by atoms with Gasteiger partial charge in [-0.3, -0.25) is 18.9 Å². The number of rotatable bonds is 14. The zero-order chi connectivity index (χ0) is 30.8. The van der Waals surface area contributed by atoms with E-state index in [0.29, 0.717) is 40.2 Å². The molecule has 0 fully saturated rings. The van der Waals surface area contributed by atoms with Crippen LogP contribution in [0.15, 0.2) is 85.2 Å². The van der Waals surface area contributed by atoms with Crippen LogP contribution in [0.2, 0.25) is 5.02 Å². The number of ketones is 2. The van der Waals surface area contributed by atoms with Crippen molar-refractivity contribution in [2.75, 3.05) is 12.8 Å². The lowest BCUT2D eigenvalue weighted by Crippen LogP contribution is -2.42. The molecule has 0 spiro atoms. The Balaban J connectivity index is 1.44. The molecule has 0 saturated heterocycles. The SMILES string of the molecule is CP(=O)(O)CCCC(=O)c1ccc(CC(=O)[C@H](Cc2ccccc2)NC(=O)/C=C/c2cc(Cl)ccc2-n2cnnn2)cc1. The second-order valence-corrected chi connectivity index (χ2v) is 13.2. The largest absolute Gasteiger partial charge is 0.344 e. The number of amides is 1. The van der Waals surface area contributed by atoms with E-state index in [1.165, 1.54) is 23.7 Å². The van der Waals surface area contributed by atoms with Gasteiger partial charge >= 0.3 is 0 Å². The first-order valence-electron chi connectivity index (χ1n) is 13.6. The Morgan fingerprint density at radius 1 is 1.05 bits per heavy atom. The molecule has 2 atom stereocenters. The molecule has 0 aliphatic heterocycles. The maximum absolute atomic E-state index is 13.4. The molecule has 10 nitrogen and oxygen atoms in total. The second kappa shape index (κ2) is 14.8. The van der Waals surface area contributed by atoms with Crippen LogP contribution in [0, 0.1) is 0 Å². The maximum Gasteiger partial charge on any atom is 0.244 e. The van der Waals surface area contributed by atoms with Crippen molar-refractivity contribution in [2.24, 2.45) is 0 Å². The molecular formula is C31H31ClN5O5P. The third-order valence-electron chi connectivity index (χ3n) is 6.62. The smallest absolute Gasteiger partial charge is 0.244 e. The Labute approximate surface area is 254 Å². The number of hydrogen-bond donors (Lipinski definition) is 2. The fourth-order valence-corrected chi connectivity index (χ4v) is 5.36. The number of nitrogens with zero attached hydrogens (tertiary/aromatic N) is 4. The summed E-state index contributed by atoms with van der Waals surface area (Å²) in [5.74, 6) is -0.781. The molecule has 4 rings (SSSR count). The van der Waals surface area contributed by atoms with Gasteiger partial charge < -0.3 is 10.2 Å². The van der Waals surface area contributed by atoms with Crippen LogP contribution in [-0.2, 0) is 27.0 Å². The Kier molecular flexibility index (Phi) is 10.9. The van der Waals surface area contributed by atoms with Crippen molar-refractivity contribution in [1.82, 2.24) is 25.5 Å². The number of nitrogens with one attached hydrogen (secondary N) is 1. The Morgan fingerprint density at radius 2 is 1.79 bits per heavy atom. The van der Waals surface area contributed by atoms with E-state index in [9.17, 15) is 23.8 Å². The standard InChI is InChI=1S/C31H31ClN5O5P/c1-43(41,42)17-5-8-29(38)24-11-9-23(10-12-24)19-30(39)27(18-22-6-3-2-4-7-22)34-31(40)16-13-25-20-26(32)14-15-28(25)37-21-33-35-36-37/h2-4,6-7,9-16,20-21,27H,5,8,17-19H2,1H3,(H,34,40)(H,41,42)/b16-13+/t27-/m0/s1. The predicted molar refractivity (Wildman–Crippen MR) is 165 cm³/mol. The van der Waals surface area contributed by atoms with Gasteiger partial charge in [0.05, 0.1) is 11.7 Å². The van der Waals surface area contributed by atoms with Gasteiger partial charge in [0.1, 0.15) is 6.33 Å². The Morgan fingerprint density at radius 3 is 2.47 bits per heavy atom. The maximum atomic E-state index is 13.4. The summed E-state index contributed by atoms with van der Waals surface area (Å²) < 4.78 is 12.9. The quantitative estimate of drug-likeness (QED) is 0.117. The van der Waals surface area contributed by atoms with Crippen LogP contribution in [0.1, 0.15) is 39.9 Å². The zero-order valence-corrected chi connectivity index (χ0v) is 25.1. The third-order valence-corrected chi connectivity index (χ3v) is 8.00. The van der Waals surface area contributed by atoms with Crippen LogP contribution >= 0.6 is 19.0 Å². The molecule has 0 radical (unpaired) electrons. The van der Waals surface area contributed by atoms with Crippen molar-refractivity contribution < 1.29 is 23.8 Å². The van der Waals surface area contributed by atoms with Crippen LogP contribution < -0.4 is 5.32 Å². The van der Waals surface area contributed by atoms with E-state index < -0.39 is 19.3 Å². The van der Waals surface area contributed by atoms with E-state index >= 15 is 0 Å². The predicted octanol–water partition coefficient (Wildman–Crippen LogP) is 4.73. The van der Waals surface area contributed by atoms with Gasteiger partial charge in [0, 0.05) is 47.9 Å². The summed E-state index contributed by atoms with van der Waals surface area (Å²) in [5, 5.41) is 14.5. The monoisotopic (exact) mass is 619 g/mol. The molecular weight excluding hydrogens is 589 g/mol. The number of halogens is 1. The van der Waals surface area contributed by atoms with Gasteiger partial charge in [-0.2, -0.15) is 4.68 Å². The fourth-order valence-electron chi connectivity index (χ4n) is 4.43. The highest BCUT2D eigenvalue weighted by atomic mass is 35.5. The van der Waals surface area contributed by atoms with Gasteiger partial charge in [-0.25, -0.2) is 0 Å². The van der Waals surface area contributed by atoms with Gasteiger partial charge in [0.2, 0.25) is 5.91 Å². The molecule has 0 saturated carbocycles. The summed E-state index contributed by atoms with van der Waals surface area (Å²) in [6.45, 7) is 1.28. The molecule has 3 aromatic carbocycles. The number of hydrogen-bond acceptors (Lipinski definition) is 7. The van der Waals surface area contributed by atoms with Gasteiger partial charge in [-0.15, -0.1) is 5.10 Å². The highest BCUT2D eigenvalue weighted by Gasteiger charge is 2.21. The Hall–Kier alpha value is -4.24. The molecule has 222 valence electrons. The summed E-state index contributed by atoms with van der Waals surface area (Å²) in [6, 6.07) is 20.4. The minimum absolute atomic E-state index is 0.0528. The summed E-state index contributed by atoms with van der Waals surface area (Å²) >= 11 is 6.17. The lowest BCUT2D eigenvalue weighted by Gasteiger charge is -2.17. The molecule has 1 unspecified atom stereocenters. The van der Waals surface area contributed by atoms with Crippen molar-refractivity contribution in [3.63, 3.8) is 0 Å². The lowest BCUT2D eigenvalue weighted by molar-refractivity contribution is -0.125. The zero-order valence-electron chi connectivity index (χ0n) is 23.5. The van der Waals surface area contributed by atoms with E-state index in [1.807, 2.05) is 30.3 Å². The summed E-state index contributed by atoms with van der Waals surface area (Å²) in [6.07, 6.45) is 5.29. The first-order valence-corrected chi connectivity index (χ1v) is 16.2. The molecule has 1 heterocycles. The number of aromatic nitrogens is 4. The molecule has 0 aliphatic rings. The second-order valence-electron chi connectivity index (χ2n) is 10.2. The van der Waals surface area contributed by atoms with Crippen molar-refractivity contribution in [1.29, 1.82) is 0 Å². The number of carbonyl (C=O) groups excluding carboxylic acids is 3. The van der Waals surface area contributed by atoms with Crippen LogP contribution in [0.4, 0.5) is 0 Å². The average Bonchev–Trinajstić information content (AvgIpc) is 3.51. The highest BCUT2D eigenvalue weighted by molar-refractivity contribution is 7.57. The molecule has 0 aliphatic carbocycles. The summed E-state index contributed by atoms with van der Waals surface area (Å²) in [5.41, 5.74) is 3.29. The minimum Gasteiger partial charge on any atom is -0.344 e. The minimum atomic E-state index is -3.15. The van der Waals surface area contributed by atoms with Gasteiger partial charge in [-0.05, 0) is 58.7 Å². The molecule has 43 heavy (non-hydrogen) atoms. The van der Waals surface area contributed by atoms with Crippen molar-refractivity contribution in [3.05, 3.63) is 112 Å².